The summed E-state index contributed by atoms with van der Waals surface area (Å²) < 4.78 is 5.19. The fourth-order valence-electron chi connectivity index (χ4n) is 1.90. The number of ether oxygens (including phenoxy) is 1. The molecule has 0 spiro atoms. The minimum atomic E-state index is -0.381. The van der Waals surface area contributed by atoms with Crippen LogP contribution in [0.4, 0.5) is 10.5 Å². The molecule has 106 valence electrons. The van der Waals surface area contributed by atoms with E-state index < -0.39 is 0 Å². The molecule has 0 unspecified atom stereocenters. The van der Waals surface area contributed by atoms with Gasteiger partial charge in [0.1, 0.15) is 6.61 Å². The lowest BCUT2D eigenvalue weighted by atomic mass is 10.1. The largest absolute Gasteiger partial charge is 0.448 e. The highest BCUT2D eigenvalue weighted by molar-refractivity contribution is 5.85. The first kappa shape index (κ1) is 15.5. The molecular weight excluding hydrogens is 240 g/mol. The second-order valence-electron chi connectivity index (χ2n) is 4.30. The van der Waals surface area contributed by atoms with Crippen LogP contribution in [0.5, 0.6) is 0 Å². The molecule has 0 radical (unpaired) electrons. The number of amides is 1. The van der Waals surface area contributed by atoms with Gasteiger partial charge in [-0.05, 0) is 31.1 Å². The maximum absolute atomic E-state index is 11.7. The van der Waals surface area contributed by atoms with Crippen LogP contribution in [-0.4, -0.2) is 37.2 Å². The molecule has 1 N–H and O–H groups in total. The monoisotopic (exact) mass is 264 g/mol. The van der Waals surface area contributed by atoms with Gasteiger partial charge >= 0.3 is 6.09 Å². The van der Waals surface area contributed by atoms with Gasteiger partial charge in [-0.2, -0.15) is 0 Å². The summed E-state index contributed by atoms with van der Waals surface area (Å²) in [6.45, 7) is 9.40. The summed E-state index contributed by atoms with van der Waals surface area (Å²) >= 11 is 0. The quantitative estimate of drug-likeness (QED) is 0.822. The first-order valence-corrected chi connectivity index (χ1v) is 6.95. The van der Waals surface area contributed by atoms with Gasteiger partial charge in [0.15, 0.2) is 0 Å². The highest BCUT2D eigenvalue weighted by Crippen LogP contribution is 2.15. The third-order valence-corrected chi connectivity index (χ3v) is 3.17. The first-order chi connectivity index (χ1) is 9.21. The third kappa shape index (κ3) is 5.30. The Morgan fingerprint density at radius 1 is 1.21 bits per heavy atom. The van der Waals surface area contributed by atoms with E-state index >= 15 is 0 Å². The average molecular weight is 264 g/mol. The van der Waals surface area contributed by atoms with E-state index in [1.165, 1.54) is 0 Å². The molecular formula is C15H24N2O2. The van der Waals surface area contributed by atoms with Gasteiger partial charge in [0.05, 0.1) is 0 Å². The fraction of sp³-hybridized carbons (Fsp3) is 0.533. The number of carbonyl (C=O) groups excluding carboxylic acids is 1. The Labute approximate surface area is 115 Å². The van der Waals surface area contributed by atoms with E-state index in [1.54, 1.807) is 0 Å². The van der Waals surface area contributed by atoms with E-state index in [0.717, 1.165) is 37.3 Å². The molecule has 0 aliphatic rings. The predicted octanol–water partition coefficient (Wildman–Crippen LogP) is 3.14. The highest BCUT2D eigenvalue weighted by atomic mass is 16.5. The molecule has 4 nitrogen and oxygen atoms in total. The standard InChI is InChI=1S/C15H24N2O2/c1-4-13-9-7-8-10-14(13)16-15(18)19-12-11-17(5-2)6-3/h7-10H,4-6,11-12H2,1-3H3,(H,16,18). The molecule has 1 aromatic carbocycles. The zero-order valence-electron chi connectivity index (χ0n) is 12.1. The molecule has 0 saturated carbocycles. The molecule has 0 aromatic heterocycles. The lowest BCUT2D eigenvalue weighted by Crippen LogP contribution is -2.28. The number of likely N-dealkylation sites (N-methyl/N-ethyl adjacent to an activating group) is 1. The van der Waals surface area contributed by atoms with Crippen molar-refractivity contribution in [3.8, 4) is 0 Å². The van der Waals surface area contributed by atoms with E-state index in [9.17, 15) is 4.79 Å². The van der Waals surface area contributed by atoms with Gasteiger partial charge in [-0.3, -0.25) is 5.32 Å². The van der Waals surface area contributed by atoms with Crippen molar-refractivity contribution < 1.29 is 9.53 Å². The van der Waals surface area contributed by atoms with Crippen molar-refractivity contribution in [3.63, 3.8) is 0 Å². The van der Waals surface area contributed by atoms with Crippen LogP contribution in [0.1, 0.15) is 26.3 Å². The Morgan fingerprint density at radius 3 is 2.53 bits per heavy atom. The van der Waals surface area contributed by atoms with E-state index in [-0.39, 0.29) is 6.09 Å². The number of rotatable bonds is 7. The Kier molecular flexibility index (Phi) is 6.97. The zero-order chi connectivity index (χ0) is 14.1. The van der Waals surface area contributed by atoms with Crippen LogP contribution in [0.15, 0.2) is 24.3 Å². The molecule has 19 heavy (non-hydrogen) atoms. The third-order valence-electron chi connectivity index (χ3n) is 3.17. The van der Waals surface area contributed by atoms with Crippen LogP contribution < -0.4 is 5.32 Å². The second kappa shape index (κ2) is 8.53. The minimum absolute atomic E-state index is 0.381. The van der Waals surface area contributed by atoms with Crippen LogP contribution in [-0.2, 0) is 11.2 Å². The van der Waals surface area contributed by atoms with Crippen LogP contribution in [0.2, 0.25) is 0 Å². The van der Waals surface area contributed by atoms with Crippen LogP contribution >= 0.6 is 0 Å². The molecule has 1 amide bonds. The number of hydrogen-bond acceptors (Lipinski definition) is 3. The molecule has 0 saturated heterocycles. The SMILES string of the molecule is CCc1ccccc1NC(=O)OCCN(CC)CC. The molecule has 1 rings (SSSR count). The van der Waals surface area contributed by atoms with Gasteiger partial charge in [0, 0.05) is 12.2 Å². The van der Waals surface area contributed by atoms with Crippen molar-refractivity contribution in [2.24, 2.45) is 0 Å². The molecule has 0 bridgehead atoms. The van der Waals surface area contributed by atoms with Crippen LogP contribution in [0.3, 0.4) is 0 Å². The average Bonchev–Trinajstić information content (AvgIpc) is 2.44. The van der Waals surface area contributed by atoms with Crippen LogP contribution in [0, 0.1) is 0 Å². The molecule has 0 fully saturated rings. The van der Waals surface area contributed by atoms with Gasteiger partial charge in [-0.1, -0.05) is 39.0 Å². The topological polar surface area (TPSA) is 41.6 Å². The summed E-state index contributed by atoms with van der Waals surface area (Å²) in [4.78, 5) is 13.9. The lowest BCUT2D eigenvalue weighted by Gasteiger charge is -2.17. The summed E-state index contributed by atoms with van der Waals surface area (Å²) in [6.07, 6.45) is 0.503. The number of nitrogens with zero attached hydrogens (tertiary/aromatic N) is 1. The van der Waals surface area contributed by atoms with E-state index in [4.69, 9.17) is 4.74 Å². The van der Waals surface area contributed by atoms with Gasteiger partial charge in [0.2, 0.25) is 0 Å². The number of anilines is 1. The van der Waals surface area contributed by atoms with Gasteiger partial charge in [0.25, 0.3) is 0 Å². The molecule has 0 atom stereocenters. The smallest absolute Gasteiger partial charge is 0.411 e. The minimum Gasteiger partial charge on any atom is -0.448 e. The summed E-state index contributed by atoms with van der Waals surface area (Å²) in [5.74, 6) is 0. The Balaban J connectivity index is 2.39. The van der Waals surface area contributed by atoms with Gasteiger partial charge in [-0.25, -0.2) is 4.79 Å². The number of para-hydroxylation sites is 1. The first-order valence-electron chi connectivity index (χ1n) is 6.95. The lowest BCUT2D eigenvalue weighted by molar-refractivity contribution is 0.142. The van der Waals surface area contributed by atoms with Crippen molar-refractivity contribution in [3.05, 3.63) is 29.8 Å². The number of hydrogen-bond donors (Lipinski definition) is 1. The number of nitrogens with one attached hydrogen (secondary N) is 1. The summed E-state index contributed by atoms with van der Waals surface area (Å²) in [5.41, 5.74) is 1.95. The Hall–Kier alpha value is -1.55. The Bertz CT molecular complexity index is 389. The van der Waals surface area contributed by atoms with E-state index in [0.29, 0.717) is 6.61 Å². The van der Waals surface area contributed by atoms with Gasteiger partial charge < -0.3 is 9.64 Å². The summed E-state index contributed by atoms with van der Waals surface area (Å²) in [5, 5.41) is 2.79. The van der Waals surface area contributed by atoms with Crippen molar-refractivity contribution in [1.29, 1.82) is 0 Å². The zero-order valence-corrected chi connectivity index (χ0v) is 12.1. The van der Waals surface area contributed by atoms with E-state index in [1.807, 2.05) is 24.3 Å². The van der Waals surface area contributed by atoms with Crippen molar-refractivity contribution >= 4 is 11.8 Å². The summed E-state index contributed by atoms with van der Waals surface area (Å²) in [6, 6.07) is 7.77. The molecule has 0 aliphatic heterocycles. The van der Waals surface area contributed by atoms with Gasteiger partial charge in [-0.15, -0.1) is 0 Å². The van der Waals surface area contributed by atoms with Crippen LogP contribution in [0.25, 0.3) is 0 Å². The molecule has 0 heterocycles. The Morgan fingerprint density at radius 2 is 1.89 bits per heavy atom. The maximum atomic E-state index is 11.7. The summed E-state index contributed by atoms with van der Waals surface area (Å²) in [7, 11) is 0. The molecule has 0 aliphatic carbocycles. The van der Waals surface area contributed by atoms with Crippen molar-refractivity contribution in [1.82, 2.24) is 4.90 Å². The molecule has 1 aromatic rings. The highest BCUT2D eigenvalue weighted by Gasteiger charge is 2.07. The number of benzene rings is 1. The number of aryl methyl sites for hydroxylation is 1. The van der Waals surface area contributed by atoms with E-state index in [2.05, 4.69) is 31.0 Å². The second-order valence-corrected chi connectivity index (χ2v) is 4.30. The fourth-order valence-corrected chi connectivity index (χ4v) is 1.90. The predicted molar refractivity (Wildman–Crippen MR) is 78.6 cm³/mol. The number of carbonyl (C=O) groups is 1. The normalized spacial score (nSPS) is 10.5. The van der Waals surface area contributed by atoms with Crippen molar-refractivity contribution in [2.75, 3.05) is 31.6 Å². The maximum Gasteiger partial charge on any atom is 0.411 e. The molecule has 4 heteroatoms. The van der Waals surface area contributed by atoms with Crippen molar-refractivity contribution in [2.45, 2.75) is 27.2 Å².